The van der Waals surface area contributed by atoms with E-state index in [-0.39, 0.29) is 0 Å². The molecule has 0 N–H and O–H groups in total. The topological polar surface area (TPSA) is 27.0 Å². The number of benzene rings is 3. The van der Waals surface area contributed by atoms with Gasteiger partial charge in [0.25, 0.3) is 0 Å². The van der Waals surface area contributed by atoms with Gasteiger partial charge in [-0.15, -0.1) is 0 Å². The molecule has 128 valence electrons. The first-order valence-corrected chi connectivity index (χ1v) is 9.11. The minimum absolute atomic E-state index is 0.450. The first kappa shape index (κ1) is 16.6. The van der Waals surface area contributed by atoms with E-state index < -0.39 is 0 Å². The Morgan fingerprint density at radius 3 is 2.38 bits per heavy atom. The Kier molecular flexibility index (Phi) is 4.56. The van der Waals surface area contributed by atoms with Gasteiger partial charge in [0, 0.05) is 12.5 Å². The first-order chi connectivity index (χ1) is 12.7. The lowest BCUT2D eigenvalue weighted by Crippen LogP contribution is -2.17. The van der Waals surface area contributed by atoms with Gasteiger partial charge in [-0.25, -0.2) is 0 Å². The molecule has 1 unspecified atom stereocenters. The van der Waals surface area contributed by atoms with Gasteiger partial charge < -0.3 is 4.90 Å². The first-order valence-electron chi connectivity index (χ1n) is 9.11. The van der Waals surface area contributed by atoms with Crippen molar-refractivity contribution in [3.8, 4) is 17.2 Å². The number of nitrogens with zero attached hydrogens (tertiary/aromatic N) is 2. The third-order valence-corrected chi connectivity index (χ3v) is 5.31. The number of hydrogen-bond donors (Lipinski definition) is 0. The van der Waals surface area contributed by atoms with Crippen LogP contribution in [0.1, 0.15) is 34.6 Å². The second-order valence-electron chi connectivity index (χ2n) is 7.09. The molecular formula is C24H22N2. The fourth-order valence-electron chi connectivity index (χ4n) is 3.91. The molecule has 3 aromatic rings. The van der Waals surface area contributed by atoms with Gasteiger partial charge in [0.2, 0.25) is 0 Å². The SMILES string of the molecule is CN1CCC(c2ccccc2)c2ccc(-c3ccc(C#N)cc3)cc2C1. The zero-order valence-electron chi connectivity index (χ0n) is 15.0. The van der Waals surface area contributed by atoms with Crippen LogP contribution >= 0.6 is 0 Å². The lowest BCUT2D eigenvalue weighted by molar-refractivity contribution is 0.328. The molecule has 1 atom stereocenters. The second kappa shape index (κ2) is 7.15. The van der Waals surface area contributed by atoms with Crippen LogP contribution in [0.2, 0.25) is 0 Å². The molecule has 4 rings (SSSR count). The van der Waals surface area contributed by atoms with E-state index in [1.54, 1.807) is 0 Å². The van der Waals surface area contributed by atoms with Crippen molar-refractivity contribution in [2.75, 3.05) is 13.6 Å². The van der Waals surface area contributed by atoms with Crippen LogP contribution in [0.4, 0.5) is 0 Å². The molecule has 0 spiro atoms. The maximum Gasteiger partial charge on any atom is 0.0991 e. The Labute approximate surface area is 155 Å². The molecule has 0 aliphatic carbocycles. The molecule has 0 saturated heterocycles. The minimum atomic E-state index is 0.450. The van der Waals surface area contributed by atoms with Crippen LogP contribution in [0.5, 0.6) is 0 Å². The Morgan fingerprint density at radius 2 is 1.65 bits per heavy atom. The number of nitriles is 1. The second-order valence-corrected chi connectivity index (χ2v) is 7.09. The predicted molar refractivity (Wildman–Crippen MR) is 106 cm³/mol. The molecule has 26 heavy (non-hydrogen) atoms. The van der Waals surface area contributed by atoms with Crippen molar-refractivity contribution in [3.05, 3.63) is 95.1 Å². The summed E-state index contributed by atoms with van der Waals surface area (Å²) in [7, 11) is 2.20. The molecule has 2 nitrogen and oxygen atoms in total. The van der Waals surface area contributed by atoms with E-state index in [0.29, 0.717) is 11.5 Å². The summed E-state index contributed by atoms with van der Waals surface area (Å²) in [6.07, 6.45) is 1.14. The third kappa shape index (κ3) is 3.27. The van der Waals surface area contributed by atoms with Gasteiger partial charge in [-0.2, -0.15) is 5.26 Å². The van der Waals surface area contributed by atoms with Crippen LogP contribution in [0.25, 0.3) is 11.1 Å². The Morgan fingerprint density at radius 1 is 0.923 bits per heavy atom. The summed E-state index contributed by atoms with van der Waals surface area (Å²) in [6.45, 7) is 2.07. The largest absolute Gasteiger partial charge is 0.302 e. The number of fused-ring (bicyclic) bond motifs is 1. The normalized spacial score (nSPS) is 17.2. The Hall–Kier alpha value is -2.89. The van der Waals surface area contributed by atoms with Crippen LogP contribution in [0.15, 0.2) is 72.8 Å². The Balaban J connectivity index is 1.76. The molecular weight excluding hydrogens is 316 g/mol. The average molecular weight is 338 g/mol. The van der Waals surface area contributed by atoms with E-state index >= 15 is 0 Å². The van der Waals surface area contributed by atoms with Gasteiger partial charge in [-0.05, 0) is 66.0 Å². The third-order valence-electron chi connectivity index (χ3n) is 5.31. The van der Waals surface area contributed by atoms with E-state index in [2.05, 4.69) is 66.5 Å². The van der Waals surface area contributed by atoms with Crippen molar-refractivity contribution in [3.63, 3.8) is 0 Å². The minimum Gasteiger partial charge on any atom is -0.302 e. The highest BCUT2D eigenvalue weighted by molar-refractivity contribution is 5.66. The van der Waals surface area contributed by atoms with Gasteiger partial charge in [0.05, 0.1) is 11.6 Å². The molecule has 2 heteroatoms. The van der Waals surface area contributed by atoms with Crippen LogP contribution in [-0.2, 0) is 6.54 Å². The van der Waals surface area contributed by atoms with E-state index in [0.717, 1.165) is 25.1 Å². The van der Waals surface area contributed by atoms with E-state index in [4.69, 9.17) is 5.26 Å². The van der Waals surface area contributed by atoms with Crippen molar-refractivity contribution in [2.45, 2.75) is 18.9 Å². The van der Waals surface area contributed by atoms with Crippen molar-refractivity contribution < 1.29 is 0 Å². The molecule has 0 saturated carbocycles. The summed E-state index contributed by atoms with van der Waals surface area (Å²) >= 11 is 0. The summed E-state index contributed by atoms with van der Waals surface area (Å²) in [5.74, 6) is 0.450. The van der Waals surface area contributed by atoms with Crippen molar-refractivity contribution in [1.82, 2.24) is 4.90 Å². The van der Waals surface area contributed by atoms with E-state index in [1.807, 2.05) is 24.3 Å². The van der Waals surface area contributed by atoms with Gasteiger partial charge >= 0.3 is 0 Å². The molecule has 0 amide bonds. The molecule has 0 aromatic heterocycles. The lowest BCUT2D eigenvalue weighted by atomic mass is 9.85. The standard InChI is InChI=1S/C24H22N2/c1-26-14-13-24(20-5-3-2-4-6-20)23-12-11-21(15-22(23)17-26)19-9-7-18(16-25)8-10-19/h2-12,15,24H,13-14,17H2,1H3. The molecule has 3 aromatic carbocycles. The fraction of sp³-hybridized carbons (Fsp3) is 0.208. The molecule has 0 bridgehead atoms. The summed E-state index contributed by atoms with van der Waals surface area (Å²) in [4.78, 5) is 2.41. The highest BCUT2D eigenvalue weighted by atomic mass is 15.1. The summed E-state index contributed by atoms with van der Waals surface area (Å²) < 4.78 is 0. The van der Waals surface area contributed by atoms with Crippen LogP contribution in [0, 0.1) is 11.3 Å². The van der Waals surface area contributed by atoms with Crippen molar-refractivity contribution in [2.24, 2.45) is 0 Å². The van der Waals surface area contributed by atoms with Crippen LogP contribution in [-0.4, -0.2) is 18.5 Å². The highest BCUT2D eigenvalue weighted by Gasteiger charge is 2.22. The maximum absolute atomic E-state index is 9.00. The molecule has 1 aliphatic heterocycles. The summed E-state index contributed by atoms with van der Waals surface area (Å²) in [5, 5.41) is 9.00. The van der Waals surface area contributed by atoms with Crippen molar-refractivity contribution >= 4 is 0 Å². The number of hydrogen-bond acceptors (Lipinski definition) is 2. The van der Waals surface area contributed by atoms with Gasteiger partial charge in [0.15, 0.2) is 0 Å². The zero-order valence-corrected chi connectivity index (χ0v) is 15.0. The summed E-state index contributed by atoms with van der Waals surface area (Å²) in [5.41, 5.74) is 7.33. The maximum atomic E-state index is 9.00. The number of rotatable bonds is 2. The lowest BCUT2D eigenvalue weighted by Gasteiger charge is -2.18. The monoisotopic (exact) mass is 338 g/mol. The average Bonchev–Trinajstić information content (AvgIpc) is 2.86. The summed E-state index contributed by atoms with van der Waals surface area (Å²) in [6, 6.07) is 27.7. The van der Waals surface area contributed by atoms with Crippen molar-refractivity contribution in [1.29, 1.82) is 5.26 Å². The molecule has 0 radical (unpaired) electrons. The molecule has 1 heterocycles. The zero-order chi connectivity index (χ0) is 17.9. The molecule has 0 fully saturated rings. The van der Waals surface area contributed by atoms with Gasteiger partial charge in [-0.1, -0.05) is 54.6 Å². The van der Waals surface area contributed by atoms with Crippen LogP contribution < -0.4 is 0 Å². The van der Waals surface area contributed by atoms with Gasteiger partial charge in [0.1, 0.15) is 0 Å². The van der Waals surface area contributed by atoms with Crippen LogP contribution in [0.3, 0.4) is 0 Å². The highest BCUT2D eigenvalue weighted by Crippen LogP contribution is 2.35. The fourth-order valence-corrected chi connectivity index (χ4v) is 3.91. The molecule has 1 aliphatic rings. The van der Waals surface area contributed by atoms with Gasteiger partial charge in [-0.3, -0.25) is 0 Å². The smallest absolute Gasteiger partial charge is 0.0991 e. The Bertz CT molecular complexity index is 936. The van der Waals surface area contributed by atoms with E-state index in [1.165, 1.54) is 22.3 Å². The van der Waals surface area contributed by atoms with E-state index in [9.17, 15) is 0 Å². The quantitative estimate of drug-likeness (QED) is 0.643. The predicted octanol–water partition coefficient (Wildman–Crippen LogP) is 5.19.